The first-order valence-corrected chi connectivity index (χ1v) is 10.1. The Bertz CT molecular complexity index is 894. The Hall–Kier alpha value is -2.55. The van der Waals surface area contributed by atoms with Crippen molar-refractivity contribution in [3.05, 3.63) is 70.8 Å². The number of likely N-dealkylation sites (tertiary alicyclic amines) is 1. The third-order valence-corrected chi connectivity index (χ3v) is 5.56. The van der Waals surface area contributed by atoms with Crippen LogP contribution in [0.25, 0.3) is 0 Å². The van der Waals surface area contributed by atoms with E-state index in [4.69, 9.17) is 4.74 Å². The summed E-state index contributed by atoms with van der Waals surface area (Å²) in [5.74, 6) is -0.225. The van der Waals surface area contributed by atoms with E-state index in [9.17, 15) is 31.1 Å². The Morgan fingerprint density at radius 3 is 2.09 bits per heavy atom. The smallest absolute Gasteiger partial charge is 0.373 e. The molecule has 0 spiro atoms. The molecule has 0 N–H and O–H groups in total. The van der Waals surface area contributed by atoms with Crippen molar-refractivity contribution in [3.8, 4) is 0 Å². The van der Waals surface area contributed by atoms with Crippen molar-refractivity contribution in [1.29, 1.82) is 0 Å². The Morgan fingerprint density at radius 1 is 0.969 bits per heavy atom. The predicted octanol–water partition coefficient (Wildman–Crippen LogP) is 5.72. The fourth-order valence-corrected chi connectivity index (χ4v) is 3.93. The minimum absolute atomic E-state index is 0.0887. The summed E-state index contributed by atoms with van der Waals surface area (Å²) < 4.78 is 84.5. The highest BCUT2D eigenvalue weighted by Gasteiger charge is 2.37. The molecule has 0 saturated carbocycles. The van der Waals surface area contributed by atoms with Crippen LogP contribution in [0.15, 0.2) is 48.5 Å². The van der Waals surface area contributed by atoms with Crippen LogP contribution in [0.4, 0.5) is 26.3 Å². The largest absolute Gasteiger partial charge is 0.416 e. The second-order valence-electron chi connectivity index (χ2n) is 7.97. The van der Waals surface area contributed by atoms with Crippen LogP contribution in [0.5, 0.6) is 0 Å². The zero-order valence-corrected chi connectivity index (χ0v) is 17.3. The topological polar surface area (TPSA) is 29.5 Å². The molecule has 0 radical (unpaired) electrons. The lowest BCUT2D eigenvalue weighted by Crippen LogP contribution is -2.46. The van der Waals surface area contributed by atoms with E-state index >= 15 is 0 Å². The molecule has 174 valence electrons. The lowest BCUT2D eigenvalue weighted by atomic mass is 9.88. The van der Waals surface area contributed by atoms with Crippen molar-refractivity contribution in [2.24, 2.45) is 5.92 Å². The van der Waals surface area contributed by atoms with Crippen LogP contribution in [-0.2, 0) is 34.9 Å². The zero-order chi connectivity index (χ0) is 23.5. The lowest BCUT2D eigenvalue weighted by Gasteiger charge is -2.38. The third-order valence-electron chi connectivity index (χ3n) is 5.56. The van der Waals surface area contributed by atoms with Crippen LogP contribution in [-0.4, -0.2) is 30.0 Å². The first-order valence-electron chi connectivity index (χ1n) is 10.1. The standard InChI is InChI=1S/C23H23F6NO2/c1-15(31)30-8-7-21(18(13-30)9-16-5-3-2-4-6-16)32-14-17-10-19(22(24,25)26)12-20(11-17)23(27,28)29/h2-6,10-12,18,21H,7-9,13-14H2,1H3/t18-,21+/m1/s1. The van der Waals surface area contributed by atoms with Gasteiger partial charge in [0.05, 0.1) is 23.8 Å². The highest BCUT2D eigenvalue weighted by molar-refractivity contribution is 5.73. The van der Waals surface area contributed by atoms with Gasteiger partial charge >= 0.3 is 12.4 Å². The van der Waals surface area contributed by atoms with Gasteiger partial charge in [-0.25, -0.2) is 0 Å². The Labute approximate surface area is 182 Å². The first kappa shape index (κ1) is 24.1. The normalized spacial score (nSPS) is 19.8. The molecule has 1 amide bonds. The Kier molecular flexibility index (Phi) is 7.17. The van der Waals surface area contributed by atoms with Gasteiger partial charge in [-0.1, -0.05) is 30.3 Å². The van der Waals surface area contributed by atoms with E-state index in [0.29, 0.717) is 38.1 Å². The number of rotatable bonds is 5. The fourth-order valence-electron chi connectivity index (χ4n) is 3.93. The van der Waals surface area contributed by atoms with Crippen LogP contribution in [0.3, 0.4) is 0 Å². The van der Waals surface area contributed by atoms with E-state index in [2.05, 4.69) is 0 Å². The summed E-state index contributed by atoms with van der Waals surface area (Å²) in [7, 11) is 0. The van der Waals surface area contributed by atoms with Crippen LogP contribution in [0.1, 0.15) is 35.6 Å². The molecule has 9 heteroatoms. The van der Waals surface area contributed by atoms with Gasteiger partial charge in [0.15, 0.2) is 0 Å². The van der Waals surface area contributed by atoms with Gasteiger partial charge in [-0.2, -0.15) is 26.3 Å². The summed E-state index contributed by atoms with van der Waals surface area (Å²) in [6.07, 6.45) is -9.19. The van der Waals surface area contributed by atoms with E-state index in [-0.39, 0.29) is 30.1 Å². The molecule has 2 atom stereocenters. The molecule has 2 aromatic carbocycles. The van der Waals surface area contributed by atoms with Gasteiger partial charge in [-0.15, -0.1) is 0 Å². The van der Waals surface area contributed by atoms with Gasteiger partial charge < -0.3 is 9.64 Å². The quantitative estimate of drug-likeness (QED) is 0.536. The van der Waals surface area contributed by atoms with Gasteiger partial charge in [0, 0.05) is 25.9 Å². The Balaban J connectivity index is 1.79. The number of alkyl halides is 6. The van der Waals surface area contributed by atoms with Crippen LogP contribution >= 0.6 is 0 Å². The zero-order valence-electron chi connectivity index (χ0n) is 17.3. The van der Waals surface area contributed by atoms with E-state index in [1.54, 1.807) is 4.90 Å². The molecule has 0 unspecified atom stereocenters. The molecule has 1 saturated heterocycles. The number of piperidine rings is 1. The first-order chi connectivity index (χ1) is 14.9. The maximum absolute atomic E-state index is 13.1. The van der Waals surface area contributed by atoms with Gasteiger partial charge in [-0.3, -0.25) is 4.79 Å². The predicted molar refractivity (Wildman–Crippen MR) is 106 cm³/mol. The lowest BCUT2D eigenvalue weighted by molar-refractivity contribution is -0.143. The van der Waals surface area contributed by atoms with Gasteiger partial charge in [-0.05, 0) is 42.2 Å². The molecular weight excluding hydrogens is 436 g/mol. The van der Waals surface area contributed by atoms with Crippen molar-refractivity contribution in [1.82, 2.24) is 4.90 Å². The molecule has 3 nitrogen and oxygen atoms in total. The van der Waals surface area contributed by atoms with Crippen molar-refractivity contribution in [3.63, 3.8) is 0 Å². The summed E-state index contributed by atoms with van der Waals surface area (Å²) >= 11 is 0. The second kappa shape index (κ2) is 9.52. The average molecular weight is 459 g/mol. The highest BCUT2D eigenvalue weighted by Crippen LogP contribution is 2.36. The molecule has 32 heavy (non-hydrogen) atoms. The summed E-state index contributed by atoms with van der Waals surface area (Å²) in [5, 5.41) is 0. The molecule has 1 aliphatic rings. The third kappa shape index (κ3) is 6.25. The summed E-state index contributed by atoms with van der Waals surface area (Å²) in [4.78, 5) is 13.5. The van der Waals surface area contributed by atoms with E-state index in [1.165, 1.54) is 6.92 Å². The number of nitrogens with zero attached hydrogens (tertiary/aromatic N) is 1. The molecule has 0 aromatic heterocycles. The monoisotopic (exact) mass is 459 g/mol. The second-order valence-corrected chi connectivity index (χ2v) is 7.97. The maximum Gasteiger partial charge on any atom is 0.416 e. The number of hydrogen-bond donors (Lipinski definition) is 0. The van der Waals surface area contributed by atoms with Crippen LogP contribution < -0.4 is 0 Å². The maximum atomic E-state index is 13.1. The van der Waals surface area contributed by atoms with E-state index in [0.717, 1.165) is 5.56 Å². The SMILES string of the molecule is CC(=O)N1CC[C@H](OCc2cc(C(F)(F)F)cc(C(F)(F)F)c2)[C@H](Cc2ccccc2)C1. The molecule has 1 fully saturated rings. The van der Waals surface area contributed by atoms with Crippen molar-refractivity contribution in [2.45, 2.75) is 44.8 Å². The Morgan fingerprint density at radius 2 is 1.56 bits per heavy atom. The van der Waals surface area contributed by atoms with Crippen molar-refractivity contribution in [2.75, 3.05) is 13.1 Å². The molecule has 1 aliphatic heterocycles. The van der Waals surface area contributed by atoms with E-state index < -0.39 is 29.6 Å². The van der Waals surface area contributed by atoms with E-state index in [1.807, 2.05) is 30.3 Å². The highest BCUT2D eigenvalue weighted by atomic mass is 19.4. The summed E-state index contributed by atoms with van der Waals surface area (Å²) in [5.41, 5.74) is -1.91. The fraction of sp³-hybridized carbons (Fsp3) is 0.435. The number of hydrogen-bond acceptors (Lipinski definition) is 2. The van der Waals surface area contributed by atoms with Crippen LogP contribution in [0, 0.1) is 5.92 Å². The average Bonchev–Trinajstić information content (AvgIpc) is 2.72. The number of carbonyl (C=O) groups is 1. The molecule has 2 aromatic rings. The van der Waals surface area contributed by atoms with Gasteiger partial charge in [0.1, 0.15) is 0 Å². The molecule has 1 heterocycles. The number of benzene rings is 2. The van der Waals surface area contributed by atoms with Crippen molar-refractivity contribution >= 4 is 5.91 Å². The number of halogens is 6. The van der Waals surface area contributed by atoms with Gasteiger partial charge in [0.25, 0.3) is 0 Å². The molecule has 0 bridgehead atoms. The minimum Gasteiger partial charge on any atom is -0.373 e. The number of carbonyl (C=O) groups excluding carboxylic acids is 1. The van der Waals surface area contributed by atoms with Crippen molar-refractivity contribution < 1.29 is 35.9 Å². The van der Waals surface area contributed by atoms with Gasteiger partial charge in [0.2, 0.25) is 5.91 Å². The summed E-state index contributed by atoms with van der Waals surface area (Å²) in [6, 6.07) is 10.9. The molecular formula is C23H23F6NO2. The summed E-state index contributed by atoms with van der Waals surface area (Å²) in [6.45, 7) is 1.90. The number of ether oxygens (including phenoxy) is 1. The minimum atomic E-state index is -4.90. The molecule has 3 rings (SSSR count). The molecule has 0 aliphatic carbocycles. The number of amides is 1. The van der Waals surface area contributed by atoms with Crippen LogP contribution in [0.2, 0.25) is 0 Å².